The summed E-state index contributed by atoms with van der Waals surface area (Å²) in [7, 11) is 0. The molecule has 0 heterocycles. The first-order chi connectivity index (χ1) is 11.9. The topological polar surface area (TPSA) is 76.8 Å². The predicted molar refractivity (Wildman–Crippen MR) is 107 cm³/mol. The van der Waals surface area contributed by atoms with Crippen LogP contribution in [0.15, 0.2) is 9.98 Å². The average Bonchev–Trinajstić information content (AvgIpc) is 2.64. The molecule has 2 fully saturated rings. The minimum atomic E-state index is -0.00413. The lowest BCUT2D eigenvalue weighted by Gasteiger charge is -2.43. The van der Waals surface area contributed by atoms with Gasteiger partial charge in [0.1, 0.15) is 0 Å². The Labute approximate surface area is 154 Å². The standard InChI is InChI=1S/C21H40N4/c1-5-16-13-18(22)9-11-20(16,7-3)24-15-25-21(8-4)12-10-19(23)14-17(21)6-2/h16-19H,5-14,22-23H2,1-4H3. The summed E-state index contributed by atoms with van der Waals surface area (Å²) in [6.45, 7) is 9.05. The van der Waals surface area contributed by atoms with Gasteiger partial charge in [0, 0.05) is 12.1 Å². The lowest BCUT2D eigenvalue weighted by atomic mass is 9.68. The predicted octanol–water partition coefficient (Wildman–Crippen LogP) is 4.53. The molecule has 6 unspecified atom stereocenters. The number of aliphatic imine (C=N–C) groups is 2. The Balaban J connectivity index is 2.26. The molecule has 0 saturated heterocycles. The second-order valence-corrected chi connectivity index (χ2v) is 8.52. The summed E-state index contributed by atoms with van der Waals surface area (Å²) < 4.78 is 0. The van der Waals surface area contributed by atoms with E-state index in [2.05, 4.69) is 33.7 Å². The molecule has 0 radical (unpaired) electrons. The number of hydrogen-bond donors (Lipinski definition) is 2. The van der Waals surface area contributed by atoms with E-state index in [1.54, 1.807) is 0 Å². The summed E-state index contributed by atoms with van der Waals surface area (Å²) in [4.78, 5) is 9.98. The molecule has 144 valence electrons. The average molecular weight is 349 g/mol. The summed E-state index contributed by atoms with van der Waals surface area (Å²) in [5, 5.41) is 0. The maximum Gasteiger partial charge on any atom is 0.0904 e. The van der Waals surface area contributed by atoms with Crippen molar-refractivity contribution in [1.29, 1.82) is 0 Å². The number of rotatable bonds is 6. The summed E-state index contributed by atoms with van der Waals surface area (Å²) in [5.41, 5.74) is 12.4. The molecule has 4 heteroatoms. The lowest BCUT2D eigenvalue weighted by Crippen LogP contribution is -2.45. The normalized spacial score (nSPS) is 41.8. The van der Waals surface area contributed by atoms with Crippen LogP contribution in [0.5, 0.6) is 0 Å². The summed E-state index contributed by atoms with van der Waals surface area (Å²) in [6, 6.07) is 3.91. The Morgan fingerprint density at radius 2 is 1.20 bits per heavy atom. The molecule has 2 aliphatic rings. The van der Waals surface area contributed by atoms with E-state index in [0.717, 1.165) is 64.2 Å². The maximum absolute atomic E-state index is 6.22. The van der Waals surface area contributed by atoms with Crippen LogP contribution in [0.3, 0.4) is 0 Å². The number of nitrogens with zero attached hydrogens (tertiary/aromatic N) is 2. The van der Waals surface area contributed by atoms with E-state index in [1.165, 1.54) is 0 Å². The third-order valence-corrected chi connectivity index (χ3v) is 7.35. The van der Waals surface area contributed by atoms with Crippen molar-refractivity contribution in [2.75, 3.05) is 0 Å². The molecule has 4 nitrogen and oxygen atoms in total. The fourth-order valence-corrected chi connectivity index (χ4v) is 5.39. The van der Waals surface area contributed by atoms with Gasteiger partial charge in [-0.15, -0.1) is 0 Å². The van der Waals surface area contributed by atoms with Gasteiger partial charge < -0.3 is 11.5 Å². The Morgan fingerprint density at radius 3 is 1.52 bits per heavy atom. The first-order valence-corrected chi connectivity index (χ1v) is 10.6. The molecular weight excluding hydrogens is 308 g/mol. The smallest absolute Gasteiger partial charge is 0.0904 e. The molecule has 25 heavy (non-hydrogen) atoms. The van der Waals surface area contributed by atoms with Gasteiger partial charge in [0.25, 0.3) is 0 Å². The molecule has 2 aliphatic carbocycles. The van der Waals surface area contributed by atoms with Crippen LogP contribution in [0, 0.1) is 11.8 Å². The van der Waals surface area contributed by atoms with Crippen LogP contribution in [-0.4, -0.2) is 29.2 Å². The van der Waals surface area contributed by atoms with Gasteiger partial charge in [-0.3, -0.25) is 0 Å². The first-order valence-electron chi connectivity index (χ1n) is 10.6. The molecule has 2 rings (SSSR count). The second kappa shape index (κ2) is 8.79. The Bertz CT molecular complexity index is 444. The Kier molecular flexibility index (Phi) is 7.25. The molecule has 0 amide bonds. The molecule has 0 aliphatic heterocycles. The van der Waals surface area contributed by atoms with E-state index in [4.69, 9.17) is 21.5 Å². The molecule has 0 spiro atoms. The minimum Gasteiger partial charge on any atom is -0.328 e. The van der Waals surface area contributed by atoms with Crippen LogP contribution in [0.25, 0.3) is 0 Å². The lowest BCUT2D eigenvalue weighted by molar-refractivity contribution is 0.160. The van der Waals surface area contributed by atoms with Crippen LogP contribution in [0.4, 0.5) is 0 Å². The molecule has 4 N–H and O–H groups in total. The van der Waals surface area contributed by atoms with Crippen molar-refractivity contribution in [3.8, 4) is 0 Å². The zero-order valence-corrected chi connectivity index (χ0v) is 16.9. The van der Waals surface area contributed by atoms with Gasteiger partial charge in [-0.2, -0.15) is 0 Å². The van der Waals surface area contributed by atoms with Crippen LogP contribution < -0.4 is 11.5 Å². The third kappa shape index (κ3) is 4.35. The van der Waals surface area contributed by atoms with Crippen LogP contribution in [0.2, 0.25) is 0 Å². The van der Waals surface area contributed by atoms with E-state index in [1.807, 2.05) is 0 Å². The van der Waals surface area contributed by atoms with Gasteiger partial charge in [0.15, 0.2) is 0 Å². The third-order valence-electron chi connectivity index (χ3n) is 7.35. The highest BCUT2D eigenvalue weighted by Crippen LogP contribution is 2.42. The van der Waals surface area contributed by atoms with Gasteiger partial charge in [0.05, 0.1) is 17.1 Å². The Hall–Kier alpha value is -0.700. The zero-order chi connectivity index (χ0) is 18.5. The van der Waals surface area contributed by atoms with Crippen molar-refractivity contribution in [3.05, 3.63) is 0 Å². The molecule has 0 aromatic rings. The first kappa shape index (κ1) is 20.6. The van der Waals surface area contributed by atoms with E-state index in [0.29, 0.717) is 23.9 Å². The van der Waals surface area contributed by atoms with Crippen LogP contribution >= 0.6 is 0 Å². The van der Waals surface area contributed by atoms with Crippen LogP contribution in [0.1, 0.15) is 91.9 Å². The fraction of sp³-hybridized carbons (Fsp3) is 0.952. The zero-order valence-electron chi connectivity index (χ0n) is 16.9. The van der Waals surface area contributed by atoms with Crippen molar-refractivity contribution in [2.45, 2.75) is 115 Å². The van der Waals surface area contributed by atoms with Gasteiger partial charge in [-0.25, -0.2) is 9.98 Å². The highest BCUT2D eigenvalue weighted by Gasteiger charge is 2.42. The van der Waals surface area contributed by atoms with Crippen molar-refractivity contribution in [1.82, 2.24) is 0 Å². The van der Waals surface area contributed by atoms with Gasteiger partial charge in [-0.05, 0) is 63.2 Å². The van der Waals surface area contributed by atoms with E-state index >= 15 is 0 Å². The highest BCUT2D eigenvalue weighted by molar-refractivity contribution is 5.44. The summed E-state index contributed by atoms with van der Waals surface area (Å²) >= 11 is 0. The van der Waals surface area contributed by atoms with Crippen molar-refractivity contribution in [2.24, 2.45) is 33.3 Å². The molecule has 0 bridgehead atoms. The molecule has 6 atom stereocenters. The van der Waals surface area contributed by atoms with E-state index < -0.39 is 0 Å². The molecule has 0 aromatic heterocycles. The largest absolute Gasteiger partial charge is 0.328 e. The fourth-order valence-electron chi connectivity index (χ4n) is 5.39. The SMILES string of the molecule is CCC1CC(N)CCC1(CC)N=C=NC1(CC)CCC(N)CC1CC. The van der Waals surface area contributed by atoms with Crippen molar-refractivity contribution < 1.29 is 0 Å². The van der Waals surface area contributed by atoms with Crippen molar-refractivity contribution >= 4 is 6.01 Å². The minimum absolute atomic E-state index is 0.00413. The van der Waals surface area contributed by atoms with Gasteiger partial charge in [0.2, 0.25) is 0 Å². The molecule has 2 saturated carbocycles. The van der Waals surface area contributed by atoms with Gasteiger partial charge >= 0.3 is 0 Å². The van der Waals surface area contributed by atoms with Crippen LogP contribution in [-0.2, 0) is 0 Å². The summed E-state index contributed by atoms with van der Waals surface area (Å²) in [6.07, 6.45) is 10.9. The quantitative estimate of drug-likeness (QED) is 0.692. The van der Waals surface area contributed by atoms with E-state index in [9.17, 15) is 0 Å². The number of nitrogens with two attached hydrogens (primary N) is 2. The molecular formula is C21H40N4. The maximum atomic E-state index is 6.22. The van der Waals surface area contributed by atoms with Gasteiger partial charge in [-0.1, -0.05) is 40.5 Å². The monoisotopic (exact) mass is 348 g/mol. The second-order valence-electron chi connectivity index (χ2n) is 8.52. The van der Waals surface area contributed by atoms with E-state index in [-0.39, 0.29) is 11.1 Å². The number of hydrogen-bond acceptors (Lipinski definition) is 4. The highest BCUT2D eigenvalue weighted by atomic mass is 15.0. The summed E-state index contributed by atoms with van der Waals surface area (Å²) in [5.74, 6) is 1.12. The van der Waals surface area contributed by atoms with Crippen molar-refractivity contribution in [3.63, 3.8) is 0 Å². The Morgan fingerprint density at radius 1 is 0.800 bits per heavy atom. The molecule has 0 aromatic carbocycles.